The van der Waals surface area contributed by atoms with E-state index in [9.17, 15) is 8.42 Å². The minimum absolute atomic E-state index is 0.0275. The molecule has 1 unspecified atom stereocenters. The normalized spacial score (nSPS) is 18.1. The van der Waals surface area contributed by atoms with Gasteiger partial charge >= 0.3 is 0 Å². The first kappa shape index (κ1) is 17.2. The zero-order valence-electron chi connectivity index (χ0n) is 13.1. The van der Waals surface area contributed by atoms with E-state index in [0.717, 1.165) is 24.4 Å². The van der Waals surface area contributed by atoms with Crippen molar-refractivity contribution in [3.63, 3.8) is 0 Å². The molecule has 0 bridgehead atoms. The molecule has 1 fully saturated rings. The highest BCUT2D eigenvalue weighted by Gasteiger charge is 2.24. The van der Waals surface area contributed by atoms with Gasteiger partial charge in [0.25, 0.3) is 0 Å². The summed E-state index contributed by atoms with van der Waals surface area (Å²) < 4.78 is 36.9. The van der Waals surface area contributed by atoms with Crippen LogP contribution in [-0.4, -0.2) is 59.0 Å². The lowest BCUT2D eigenvalue weighted by molar-refractivity contribution is 0.0171. The van der Waals surface area contributed by atoms with Crippen LogP contribution in [0.15, 0.2) is 24.3 Å². The van der Waals surface area contributed by atoms with Crippen LogP contribution in [-0.2, 0) is 14.8 Å². The van der Waals surface area contributed by atoms with Gasteiger partial charge in [0, 0.05) is 25.7 Å². The lowest BCUT2D eigenvalue weighted by atomic mass is 10.0. The minimum atomic E-state index is -3.22. The van der Waals surface area contributed by atoms with Crippen LogP contribution in [0.4, 0.5) is 0 Å². The van der Waals surface area contributed by atoms with E-state index < -0.39 is 10.0 Å². The number of morpholine rings is 1. The van der Waals surface area contributed by atoms with E-state index in [1.807, 2.05) is 24.3 Å². The fourth-order valence-corrected chi connectivity index (χ4v) is 3.12. The van der Waals surface area contributed by atoms with Crippen LogP contribution in [0.25, 0.3) is 0 Å². The first-order valence-electron chi connectivity index (χ1n) is 7.49. The van der Waals surface area contributed by atoms with Gasteiger partial charge < -0.3 is 9.47 Å². The third-order valence-corrected chi connectivity index (χ3v) is 5.21. The molecule has 0 saturated carbocycles. The quantitative estimate of drug-likeness (QED) is 0.809. The van der Waals surface area contributed by atoms with Crippen molar-refractivity contribution >= 4 is 10.0 Å². The summed E-state index contributed by atoms with van der Waals surface area (Å²) in [6, 6.07) is 7.75. The average molecular weight is 328 g/mol. The smallest absolute Gasteiger partial charge is 0.211 e. The van der Waals surface area contributed by atoms with E-state index in [1.54, 1.807) is 14.0 Å². The number of sulfonamides is 1. The van der Waals surface area contributed by atoms with Crippen LogP contribution in [0.3, 0.4) is 0 Å². The molecule has 1 aliphatic rings. The molecule has 0 spiro atoms. The molecule has 1 atom stereocenters. The van der Waals surface area contributed by atoms with Crippen molar-refractivity contribution in [2.75, 3.05) is 45.7 Å². The third kappa shape index (κ3) is 4.67. The Morgan fingerprint density at radius 3 is 2.73 bits per heavy atom. The number of rotatable bonds is 7. The zero-order chi connectivity index (χ0) is 16.0. The maximum absolute atomic E-state index is 11.8. The fourth-order valence-electron chi connectivity index (χ4n) is 2.50. The first-order chi connectivity index (χ1) is 10.6. The Morgan fingerprint density at radius 1 is 1.36 bits per heavy atom. The van der Waals surface area contributed by atoms with Crippen LogP contribution in [0.2, 0.25) is 0 Å². The predicted molar refractivity (Wildman–Crippen MR) is 85.6 cm³/mol. The van der Waals surface area contributed by atoms with Crippen molar-refractivity contribution in [1.82, 2.24) is 9.62 Å². The van der Waals surface area contributed by atoms with E-state index in [2.05, 4.69) is 9.62 Å². The molecule has 1 aliphatic heterocycles. The molecule has 22 heavy (non-hydrogen) atoms. The second-order valence-corrected chi connectivity index (χ2v) is 7.29. The predicted octanol–water partition coefficient (Wildman–Crippen LogP) is 1.01. The van der Waals surface area contributed by atoms with Gasteiger partial charge in [-0.05, 0) is 24.6 Å². The van der Waals surface area contributed by atoms with Gasteiger partial charge in [0.05, 0.1) is 26.1 Å². The van der Waals surface area contributed by atoms with Gasteiger partial charge in [-0.2, -0.15) is 0 Å². The Balaban J connectivity index is 2.19. The molecule has 1 saturated heterocycles. The van der Waals surface area contributed by atoms with Crippen LogP contribution in [0.5, 0.6) is 5.75 Å². The van der Waals surface area contributed by atoms with Gasteiger partial charge in [-0.15, -0.1) is 0 Å². The van der Waals surface area contributed by atoms with Crippen LogP contribution >= 0.6 is 0 Å². The number of methoxy groups -OCH3 is 1. The number of nitrogens with one attached hydrogen (secondary N) is 1. The molecule has 1 heterocycles. The van der Waals surface area contributed by atoms with Crippen molar-refractivity contribution in [2.45, 2.75) is 13.0 Å². The maximum Gasteiger partial charge on any atom is 0.211 e. The van der Waals surface area contributed by atoms with E-state index in [1.165, 1.54) is 0 Å². The van der Waals surface area contributed by atoms with Crippen LogP contribution in [0.1, 0.15) is 18.5 Å². The average Bonchev–Trinajstić information content (AvgIpc) is 2.56. The Morgan fingerprint density at radius 2 is 2.09 bits per heavy atom. The molecule has 0 amide bonds. The standard InChI is InChI=1S/C15H24N2O4S/c1-3-22(18,19)16-12-15(17-7-9-21-10-8-17)13-5-4-6-14(11-13)20-2/h4-6,11,15-16H,3,7-10,12H2,1-2H3. The summed E-state index contributed by atoms with van der Waals surface area (Å²) in [4.78, 5) is 2.25. The summed E-state index contributed by atoms with van der Waals surface area (Å²) in [5.74, 6) is 0.857. The van der Waals surface area contributed by atoms with Crippen molar-refractivity contribution in [1.29, 1.82) is 0 Å². The Hall–Kier alpha value is -1.15. The highest BCUT2D eigenvalue weighted by atomic mass is 32.2. The van der Waals surface area contributed by atoms with Crippen LogP contribution < -0.4 is 9.46 Å². The summed E-state index contributed by atoms with van der Waals surface area (Å²) >= 11 is 0. The topological polar surface area (TPSA) is 67.9 Å². The molecule has 1 N–H and O–H groups in total. The summed E-state index contributed by atoms with van der Waals surface area (Å²) in [5.41, 5.74) is 1.04. The lowest BCUT2D eigenvalue weighted by Crippen LogP contribution is -2.44. The molecular weight excluding hydrogens is 304 g/mol. The molecule has 0 aromatic heterocycles. The van der Waals surface area contributed by atoms with Gasteiger partial charge in [-0.25, -0.2) is 13.1 Å². The second-order valence-electron chi connectivity index (χ2n) is 5.19. The molecule has 124 valence electrons. The number of hydrogen-bond donors (Lipinski definition) is 1. The Labute approximate surface area is 132 Å². The van der Waals surface area contributed by atoms with E-state index in [-0.39, 0.29) is 11.8 Å². The van der Waals surface area contributed by atoms with Crippen molar-refractivity contribution < 1.29 is 17.9 Å². The number of benzene rings is 1. The SMILES string of the molecule is CCS(=O)(=O)NCC(c1cccc(OC)c1)N1CCOCC1. The van der Waals surface area contributed by atoms with Crippen LogP contribution in [0, 0.1) is 0 Å². The number of hydrogen-bond acceptors (Lipinski definition) is 5. The third-order valence-electron chi connectivity index (χ3n) is 3.84. The first-order valence-corrected chi connectivity index (χ1v) is 9.14. The van der Waals surface area contributed by atoms with Crippen molar-refractivity contribution in [2.24, 2.45) is 0 Å². The highest BCUT2D eigenvalue weighted by molar-refractivity contribution is 7.89. The van der Waals surface area contributed by atoms with E-state index in [4.69, 9.17) is 9.47 Å². The monoisotopic (exact) mass is 328 g/mol. The molecular formula is C15H24N2O4S. The van der Waals surface area contributed by atoms with Crippen molar-refractivity contribution in [3.8, 4) is 5.75 Å². The Bertz CT molecular complexity index is 571. The molecule has 1 aromatic rings. The summed E-state index contributed by atoms with van der Waals surface area (Å²) in [5, 5.41) is 0. The summed E-state index contributed by atoms with van der Waals surface area (Å²) in [6.07, 6.45) is 0. The zero-order valence-corrected chi connectivity index (χ0v) is 13.9. The Kier molecular flexibility index (Phi) is 6.19. The van der Waals surface area contributed by atoms with Crippen molar-refractivity contribution in [3.05, 3.63) is 29.8 Å². The molecule has 0 radical (unpaired) electrons. The van der Waals surface area contributed by atoms with Gasteiger partial charge in [0.2, 0.25) is 10.0 Å². The lowest BCUT2D eigenvalue weighted by Gasteiger charge is -2.35. The second kappa shape index (κ2) is 7.92. The van der Waals surface area contributed by atoms with Gasteiger partial charge in [-0.3, -0.25) is 4.90 Å². The largest absolute Gasteiger partial charge is 0.497 e. The molecule has 7 heteroatoms. The molecule has 0 aliphatic carbocycles. The molecule has 6 nitrogen and oxygen atoms in total. The highest BCUT2D eigenvalue weighted by Crippen LogP contribution is 2.25. The van der Waals surface area contributed by atoms with Gasteiger partial charge in [0.15, 0.2) is 0 Å². The van der Waals surface area contributed by atoms with Gasteiger partial charge in [-0.1, -0.05) is 12.1 Å². The van der Waals surface area contributed by atoms with E-state index in [0.29, 0.717) is 19.8 Å². The summed E-state index contributed by atoms with van der Waals surface area (Å²) in [7, 11) is -1.59. The number of ether oxygens (including phenoxy) is 2. The summed E-state index contributed by atoms with van der Waals surface area (Å²) in [6.45, 7) is 4.90. The fraction of sp³-hybridized carbons (Fsp3) is 0.600. The van der Waals surface area contributed by atoms with Gasteiger partial charge in [0.1, 0.15) is 5.75 Å². The maximum atomic E-state index is 11.8. The molecule has 1 aromatic carbocycles. The minimum Gasteiger partial charge on any atom is -0.497 e. The van der Waals surface area contributed by atoms with E-state index >= 15 is 0 Å². The molecule has 2 rings (SSSR count). The number of nitrogens with zero attached hydrogens (tertiary/aromatic N) is 1.